The van der Waals surface area contributed by atoms with E-state index in [-0.39, 0.29) is 6.42 Å². The van der Waals surface area contributed by atoms with Gasteiger partial charge in [-0.1, -0.05) is 0 Å². The Labute approximate surface area is 174 Å². The molecule has 2 aromatic rings. The van der Waals surface area contributed by atoms with E-state index in [0.29, 0.717) is 13.0 Å². The molecule has 0 aliphatic heterocycles. The highest BCUT2D eigenvalue weighted by Crippen LogP contribution is 2.01. The fourth-order valence-electron chi connectivity index (χ4n) is 1.71. The molecule has 2 N–H and O–H groups in total. The van der Waals surface area contributed by atoms with Crippen molar-refractivity contribution in [2.45, 2.75) is 19.4 Å². The highest BCUT2D eigenvalue weighted by atomic mass is 16.6. The summed E-state index contributed by atoms with van der Waals surface area (Å²) in [6.45, 7) is 0.600. The van der Waals surface area contributed by atoms with Crippen LogP contribution in [0.15, 0.2) is 49.1 Å². The van der Waals surface area contributed by atoms with E-state index in [0.717, 1.165) is 25.3 Å². The van der Waals surface area contributed by atoms with E-state index in [1.54, 1.807) is 24.8 Å². The Bertz CT molecular complexity index is 770. The minimum absolute atomic E-state index is 0.177. The molecule has 0 aliphatic rings. The molecule has 0 spiro atoms. The summed E-state index contributed by atoms with van der Waals surface area (Å²) in [4.78, 5) is 49.6. The quantitative estimate of drug-likeness (QED) is 0.415. The molecule has 0 aromatic carbocycles. The lowest BCUT2D eigenvalue weighted by Crippen LogP contribution is -2.16. The maximum absolute atomic E-state index is 11.1. The molecule has 0 bridgehead atoms. The third kappa shape index (κ3) is 11.9. The highest BCUT2D eigenvalue weighted by Gasteiger charge is 2.13. The molecule has 0 aliphatic carbocycles. The molecule has 30 heavy (non-hydrogen) atoms. The van der Waals surface area contributed by atoms with Gasteiger partial charge in [0, 0.05) is 37.8 Å². The molecule has 162 valence electrons. The Balaban J connectivity index is 0.000000451. The van der Waals surface area contributed by atoms with Crippen LogP contribution in [-0.4, -0.2) is 55.0 Å². The fourth-order valence-corrected chi connectivity index (χ4v) is 1.71. The van der Waals surface area contributed by atoms with E-state index in [4.69, 9.17) is 5.73 Å². The summed E-state index contributed by atoms with van der Waals surface area (Å²) in [5.41, 5.74) is 7.43. The van der Waals surface area contributed by atoms with Crippen LogP contribution in [0.4, 0.5) is 0 Å². The van der Waals surface area contributed by atoms with E-state index in [1.165, 1.54) is 7.11 Å². The van der Waals surface area contributed by atoms with Gasteiger partial charge in [0.05, 0.1) is 21.3 Å². The molecule has 0 saturated carbocycles. The first-order valence-electron chi connectivity index (χ1n) is 8.64. The van der Waals surface area contributed by atoms with Crippen molar-refractivity contribution in [2.75, 3.05) is 21.3 Å². The maximum atomic E-state index is 11.1. The minimum Gasteiger partial charge on any atom is -0.463 e. The number of Topliss-reactive ketones (excluding diaryl/α,β-unsaturated/α-hetero) is 1. The van der Waals surface area contributed by atoms with Crippen LogP contribution in [0.5, 0.6) is 0 Å². The smallest absolute Gasteiger partial charge is 0.417 e. The van der Waals surface area contributed by atoms with Crippen LogP contribution in [-0.2, 0) is 46.4 Å². The zero-order valence-corrected chi connectivity index (χ0v) is 17.1. The number of ketones is 1. The molecule has 0 unspecified atom stereocenters. The average molecular weight is 419 g/mol. The molecular weight excluding hydrogens is 394 g/mol. The van der Waals surface area contributed by atoms with Gasteiger partial charge in [-0.25, -0.2) is 14.4 Å². The van der Waals surface area contributed by atoms with Crippen molar-refractivity contribution in [3.63, 3.8) is 0 Å². The van der Waals surface area contributed by atoms with Gasteiger partial charge in [0.1, 0.15) is 0 Å². The number of methoxy groups -OCH3 is 3. The largest absolute Gasteiger partial charge is 0.463 e. The fraction of sp³-hybridized carbons (Fsp3) is 0.300. The van der Waals surface area contributed by atoms with Crippen molar-refractivity contribution in [1.82, 2.24) is 9.97 Å². The Morgan fingerprint density at radius 1 is 0.733 bits per heavy atom. The summed E-state index contributed by atoms with van der Waals surface area (Å²) in [6.07, 6.45) is 7.49. The summed E-state index contributed by atoms with van der Waals surface area (Å²) >= 11 is 0. The Hall–Kier alpha value is -3.66. The van der Waals surface area contributed by atoms with Crippen molar-refractivity contribution in [3.8, 4) is 0 Å². The number of nitrogens with two attached hydrogens (primary N) is 1. The molecule has 0 amide bonds. The molecule has 2 heterocycles. The zero-order valence-electron chi connectivity index (χ0n) is 17.1. The lowest BCUT2D eigenvalue weighted by atomic mass is 10.1. The Morgan fingerprint density at radius 2 is 1.13 bits per heavy atom. The van der Waals surface area contributed by atoms with Gasteiger partial charge in [0.2, 0.25) is 5.78 Å². The van der Waals surface area contributed by atoms with Gasteiger partial charge in [0.25, 0.3) is 0 Å². The molecule has 10 heteroatoms. The van der Waals surface area contributed by atoms with Crippen LogP contribution in [0, 0.1) is 0 Å². The van der Waals surface area contributed by atoms with Crippen LogP contribution in [0.2, 0.25) is 0 Å². The van der Waals surface area contributed by atoms with Crippen molar-refractivity contribution in [2.24, 2.45) is 5.73 Å². The van der Waals surface area contributed by atoms with E-state index in [9.17, 15) is 19.2 Å². The van der Waals surface area contributed by atoms with Gasteiger partial charge in [-0.15, -0.1) is 0 Å². The molecular formula is C20H25N3O7. The molecule has 10 nitrogen and oxygen atoms in total. The minimum atomic E-state index is -0.979. The van der Waals surface area contributed by atoms with E-state index in [1.807, 2.05) is 24.3 Å². The van der Waals surface area contributed by atoms with Gasteiger partial charge >= 0.3 is 17.9 Å². The second-order valence-corrected chi connectivity index (χ2v) is 5.31. The van der Waals surface area contributed by atoms with Crippen LogP contribution in [0.1, 0.15) is 17.5 Å². The summed E-state index contributed by atoms with van der Waals surface area (Å²) in [5.74, 6) is -3.23. The topological polar surface area (TPSA) is 148 Å². The first kappa shape index (κ1) is 26.3. The summed E-state index contributed by atoms with van der Waals surface area (Å²) in [7, 11) is 3.42. The van der Waals surface area contributed by atoms with Gasteiger partial charge in [0.15, 0.2) is 0 Å². The predicted octanol–water partition coefficient (Wildman–Crippen LogP) is 0.629. The monoisotopic (exact) mass is 419 g/mol. The normalized spacial score (nSPS) is 8.93. The van der Waals surface area contributed by atoms with Crippen LogP contribution in [0.3, 0.4) is 0 Å². The number of aromatic nitrogens is 2. The summed E-state index contributed by atoms with van der Waals surface area (Å²) < 4.78 is 12.3. The second kappa shape index (κ2) is 16.3. The SMILES string of the molecule is COC(=O)C(=O)CCc1ccncc1.COC(=O)C(=O)OC.NCc1ccncc1. The average Bonchev–Trinajstić information content (AvgIpc) is 2.82. The number of ether oxygens (including phenoxy) is 3. The van der Waals surface area contributed by atoms with E-state index < -0.39 is 23.7 Å². The number of rotatable bonds is 5. The lowest BCUT2D eigenvalue weighted by Gasteiger charge is -1.99. The maximum Gasteiger partial charge on any atom is 0.417 e. The van der Waals surface area contributed by atoms with Gasteiger partial charge < -0.3 is 19.9 Å². The Kier molecular flexibility index (Phi) is 14.3. The Morgan fingerprint density at radius 3 is 1.47 bits per heavy atom. The third-order valence-corrected chi connectivity index (χ3v) is 3.33. The number of aryl methyl sites for hydroxylation is 1. The molecule has 2 aromatic heterocycles. The van der Waals surface area contributed by atoms with Crippen LogP contribution >= 0.6 is 0 Å². The second-order valence-electron chi connectivity index (χ2n) is 5.31. The molecule has 0 atom stereocenters. The highest BCUT2D eigenvalue weighted by molar-refractivity contribution is 6.33. The number of pyridine rings is 2. The molecule has 0 saturated heterocycles. The number of carbonyl (C=O) groups is 4. The summed E-state index contributed by atoms with van der Waals surface area (Å²) in [6, 6.07) is 7.43. The van der Waals surface area contributed by atoms with Gasteiger partial charge in [-0.3, -0.25) is 14.8 Å². The van der Waals surface area contributed by atoms with E-state index >= 15 is 0 Å². The molecule has 0 fully saturated rings. The van der Waals surface area contributed by atoms with Crippen molar-refractivity contribution < 1.29 is 33.4 Å². The number of esters is 3. The van der Waals surface area contributed by atoms with Crippen LogP contribution in [0.25, 0.3) is 0 Å². The van der Waals surface area contributed by atoms with Gasteiger partial charge in [-0.05, 0) is 41.8 Å². The molecule has 2 rings (SSSR count). The lowest BCUT2D eigenvalue weighted by molar-refractivity contribution is -0.164. The number of hydrogen-bond acceptors (Lipinski definition) is 10. The van der Waals surface area contributed by atoms with Crippen molar-refractivity contribution in [3.05, 3.63) is 60.2 Å². The van der Waals surface area contributed by atoms with Gasteiger partial charge in [-0.2, -0.15) is 0 Å². The van der Waals surface area contributed by atoms with Crippen molar-refractivity contribution >= 4 is 23.7 Å². The molecule has 0 radical (unpaired) electrons. The third-order valence-electron chi connectivity index (χ3n) is 3.33. The van der Waals surface area contributed by atoms with E-state index in [2.05, 4.69) is 24.2 Å². The zero-order chi connectivity index (χ0) is 22.8. The van der Waals surface area contributed by atoms with Crippen molar-refractivity contribution in [1.29, 1.82) is 0 Å². The first-order valence-corrected chi connectivity index (χ1v) is 8.64. The standard InChI is InChI=1S/C10H11NO3.C6H8N2.C4H6O4/c1-14-10(13)9(12)3-2-8-4-6-11-7-5-8;7-5-6-1-3-8-4-2-6;1-7-3(5)4(6)8-2/h4-7H,2-3H2,1H3;1-4H,5,7H2;1-2H3. The first-order chi connectivity index (χ1) is 14.4. The predicted molar refractivity (Wildman–Crippen MR) is 106 cm³/mol. The van der Waals surface area contributed by atoms with Crippen LogP contribution < -0.4 is 5.73 Å². The number of nitrogens with zero attached hydrogens (tertiary/aromatic N) is 2. The summed E-state index contributed by atoms with van der Waals surface area (Å²) in [5, 5.41) is 0. The number of hydrogen-bond donors (Lipinski definition) is 1. The number of carbonyl (C=O) groups excluding carboxylic acids is 4.